The molecule has 1 saturated heterocycles. The average molecular weight is 330 g/mol. The van der Waals surface area contributed by atoms with Crippen molar-refractivity contribution in [2.75, 3.05) is 6.54 Å². The van der Waals surface area contributed by atoms with Gasteiger partial charge in [0.05, 0.1) is 6.04 Å². The van der Waals surface area contributed by atoms with Crippen LogP contribution in [0.3, 0.4) is 0 Å². The van der Waals surface area contributed by atoms with Crippen molar-refractivity contribution in [3.05, 3.63) is 47.3 Å². The van der Waals surface area contributed by atoms with Gasteiger partial charge in [0.1, 0.15) is 11.6 Å². The highest BCUT2D eigenvalue weighted by Gasteiger charge is 2.32. The largest absolute Gasteiger partial charge is 0.332 e. The molecule has 1 aliphatic rings. The Balaban J connectivity index is 1.60. The minimum atomic E-state index is -0.385. The highest BCUT2D eigenvalue weighted by atomic mass is 19.1. The van der Waals surface area contributed by atoms with Crippen LogP contribution in [0, 0.1) is 12.7 Å². The summed E-state index contributed by atoms with van der Waals surface area (Å²) in [4.78, 5) is 30.6. The summed E-state index contributed by atoms with van der Waals surface area (Å²) >= 11 is 0. The fourth-order valence-electron chi connectivity index (χ4n) is 2.99. The molecule has 0 saturated carbocycles. The van der Waals surface area contributed by atoms with E-state index in [-0.39, 0.29) is 36.4 Å². The van der Waals surface area contributed by atoms with E-state index in [1.54, 1.807) is 4.90 Å². The van der Waals surface area contributed by atoms with Crippen LogP contribution < -0.4 is 0 Å². The van der Waals surface area contributed by atoms with Gasteiger partial charge in [-0.15, -0.1) is 0 Å². The number of hydrogen-bond donors (Lipinski definition) is 1. The Kier molecular flexibility index (Phi) is 4.69. The number of aryl methyl sites for hydroxylation is 1. The Morgan fingerprint density at radius 2 is 2.04 bits per heavy atom. The number of carbonyl (C=O) groups excluding carboxylic acids is 2. The maximum Gasteiger partial charge on any atom is 0.223 e. The first-order valence-electron chi connectivity index (χ1n) is 8.02. The van der Waals surface area contributed by atoms with Crippen molar-refractivity contribution in [1.29, 1.82) is 0 Å². The maximum atomic E-state index is 12.9. The summed E-state index contributed by atoms with van der Waals surface area (Å²) in [5.74, 6) is 0.728. The van der Waals surface area contributed by atoms with Crippen LogP contribution in [0.4, 0.5) is 4.39 Å². The molecule has 0 unspecified atom stereocenters. The predicted molar refractivity (Wildman–Crippen MR) is 84.8 cm³/mol. The summed E-state index contributed by atoms with van der Waals surface area (Å²) in [5, 5.41) is 6.95. The van der Waals surface area contributed by atoms with Crippen LogP contribution in [0.15, 0.2) is 24.3 Å². The summed E-state index contributed by atoms with van der Waals surface area (Å²) in [7, 11) is 0. The third-order valence-electron chi connectivity index (χ3n) is 4.22. The standard InChI is InChI=1S/C17H19FN4O2/c1-11-19-17(21-20-11)14-3-2-10-22(14)16(24)9-8-15(23)12-4-6-13(18)7-5-12/h4-7,14H,2-3,8-10H2,1H3,(H,19,20,21)/t14-/m1/s1. The molecular weight excluding hydrogens is 311 g/mol. The zero-order chi connectivity index (χ0) is 17.1. The molecule has 0 spiro atoms. The molecule has 3 rings (SSSR count). The molecule has 6 nitrogen and oxygen atoms in total. The molecule has 24 heavy (non-hydrogen) atoms. The van der Waals surface area contributed by atoms with E-state index in [0.29, 0.717) is 17.9 Å². The minimum Gasteiger partial charge on any atom is -0.332 e. The number of carbonyl (C=O) groups is 2. The summed E-state index contributed by atoms with van der Waals surface area (Å²) in [6, 6.07) is 5.26. The van der Waals surface area contributed by atoms with Crippen molar-refractivity contribution >= 4 is 11.7 Å². The number of halogens is 1. The van der Waals surface area contributed by atoms with Gasteiger partial charge in [-0.2, -0.15) is 5.10 Å². The van der Waals surface area contributed by atoms with Gasteiger partial charge in [-0.25, -0.2) is 9.37 Å². The Bertz CT molecular complexity index is 741. The molecule has 126 valence electrons. The number of aromatic nitrogens is 3. The van der Waals surface area contributed by atoms with Gasteiger partial charge >= 0.3 is 0 Å². The zero-order valence-corrected chi connectivity index (χ0v) is 13.5. The number of rotatable bonds is 5. The number of nitrogens with one attached hydrogen (secondary N) is 1. The minimum absolute atomic E-state index is 0.0737. The van der Waals surface area contributed by atoms with Gasteiger partial charge in [0.15, 0.2) is 11.6 Å². The molecule has 1 fully saturated rings. The lowest BCUT2D eigenvalue weighted by molar-refractivity contribution is -0.132. The first-order chi connectivity index (χ1) is 11.5. The van der Waals surface area contributed by atoms with Crippen molar-refractivity contribution in [1.82, 2.24) is 20.1 Å². The number of amides is 1. The van der Waals surface area contributed by atoms with Crippen LogP contribution in [0.1, 0.15) is 53.7 Å². The lowest BCUT2D eigenvalue weighted by atomic mass is 10.1. The molecule has 0 bridgehead atoms. The lowest BCUT2D eigenvalue weighted by Crippen LogP contribution is -2.31. The van der Waals surface area contributed by atoms with Crippen LogP contribution in [-0.4, -0.2) is 38.3 Å². The zero-order valence-electron chi connectivity index (χ0n) is 13.5. The molecule has 0 aliphatic carbocycles. The third kappa shape index (κ3) is 3.50. The van der Waals surface area contributed by atoms with Crippen molar-refractivity contribution in [2.24, 2.45) is 0 Å². The van der Waals surface area contributed by atoms with E-state index >= 15 is 0 Å². The second-order valence-electron chi connectivity index (χ2n) is 5.95. The van der Waals surface area contributed by atoms with Crippen molar-refractivity contribution in [2.45, 2.75) is 38.6 Å². The number of nitrogens with zero attached hydrogens (tertiary/aromatic N) is 3. The number of ketones is 1. The molecule has 1 aromatic heterocycles. The van der Waals surface area contributed by atoms with Gasteiger partial charge in [0.2, 0.25) is 5.91 Å². The molecule has 1 atom stereocenters. The molecule has 1 aliphatic heterocycles. The summed E-state index contributed by atoms with van der Waals surface area (Å²) < 4.78 is 12.9. The SMILES string of the molecule is Cc1nc([C@H]2CCCN2C(=O)CCC(=O)c2ccc(F)cc2)n[nH]1. The van der Waals surface area contributed by atoms with E-state index in [2.05, 4.69) is 15.2 Å². The van der Waals surface area contributed by atoms with E-state index in [1.165, 1.54) is 24.3 Å². The Morgan fingerprint density at radius 3 is 2.71 bits per heavy atom. The van der Waals surface area contributed by atoms with E-state index in [9.17, 15) is 14.0 Å². The van der Waals surface area contributed by atoms with Crippen molar-refractivity contribution in [3.63, 3.8) is 0 Å². The van der Waals surface area contributed by atoms with Gasteiger partial charge in [0, 0.05) is 24.9 Å². The van der Waals surface area contributed by atoms with E-state index in [1.807, 2.05) is 6.92 Å². The first-order valence-corrected chi connectivity index (χ1v) is 8.02. The lowest BCUT2D eigenvalue weighted by Gasteiger charge is -2.22. The second-order valence-corrected chi connectivity index (χ2v) is 5.95. The highest BCUT2D eigenvalue weighted by molar-refractivity contribution is 5.97. The van der Waals surface area contributed by atoms with E-state index in [4.69, 9.17) is 0 Å². The van der Waals surface area contributed by atoms with Gasteiger partial charge in [-0.3, -0.25) is 14.7 Å². The molecule has 7 heteroatoms. The monoisotopic (exact) mass is 330 g/mol. The Morgan fingerprint density at radius 1 is 1.29 bits per heavy atom. The molecule has 1 amide bonds. The Hall–Kier alpha value is -2.57. The fraction of sp³-hybridized carbons (Fsp3) is 0.412. The molecule has 2 aromatic rings. The normalized spacial score (nSPS) is 17.2. The number of likely N-dealkylation sites (tertiary alicyclic amines) is 1. The van der Waals surface area contributed by atoms with E-state index < -0.39 is 0 Å². The smallest absolute Gasteiger partial charge is 0.223 e. The van der Waals surface area contributed by atoms with Gasteiger partial charge in [-0.1, -0.05) is 0 Å². The fourth-order valence-corrected chi connectivity index (χ4v) is 2.99. The van der Waals surface area contributed by atoms with Gasteiger partial charge in [-0.05, 0) is 44.0 Å². The van der Waals surface area contributed by atoms with Gasteiger partial charge in [0.25, 0.3) is 0 Å². The summed E-state index contributed by atoms with van der Waals surface area (Å²) in [5.41, 5.74) is 0.423. The predicted octanol–water partition coefficient (Wildman–Crippen LogP) is 2.58. The van der Waals surface area contributed by atoms with Crippen LogP contribution in [-0.2, 0) is 4.79 Å². The first kappa shape index (κ1) is 16.3. The van der Waals surface area contributed by atoms with Crippen LogP contribution in [0.25, 0.3) is 0 Å². The van der Waals surface area contributed by atoms with Crippen LogP contribution in [0.5, 0.6) is 0 Å². The topological polar surface area (TPSA) is 79.0 Å². The number of hydrogen-bond acceptors (Lipinski definition) is 4. The second kappa shape index (κ2) is 6.90. The average Bonchev–Trinajstić information content (AvgIpc) is 3.21. The number of Topliss-reactive ketones (excluding diaryl/α,β-unsaturated/α-hetero) is 1. The van der Waals surface area contributed by atoms with Gasteiger partial charge < -0.3 is 4.90 Å². The van der Waals surface area contributed by atoms with E-state index in [0.717, 1.165) is 18.7 Å². The number of benzene rings is 1. The highest BCUT2D eigenvalue weighted by Crippen LogP contribution is 2.30. The van der Waals surface area contributed by atoms with Crippen molar-refractivity contribution < 1.29 is 14.0 Å². The molecule has 1 aromatic carbocycles. The quantitative estimate of drug-likeness (QED) is 0.855. The number of H-pyrrole nitrogens is 1. The molecule has 0 radical (unpaired) electrons. The molecule has 1 N–H and O–H groups in total. The third-order valence-corrected chi connectivity index (χ3v) is 4.22. The summed E-state index contributed by atoms with van der Waals surface area (Å²) in [6.45, 7) is 2.47. The number of aromatic amines is 1. The summed E-state index contributed by atoms with van der Waals surface area (Å²) in [6.07, 6.45) is 1.97. The van der Waals surface area contributed by atoms with Crippen LogP contribution >= 0.6 is 0 Å². The molecular formula is C17H19FN4O2. The van der Waals surface area contributed by atoms with Crippen LogP contribution in [0.2, 0.25) is 0 Å². The van der Waals surface area contributed by atoms with Crippen molar-refractivity contribution in [3.8, 4) is 0 Å². The maximum absolute atomic E-state index is 12.9. The Labute approximate surface area is 139 Å². The molecule has 2 heterocycles.